The molecular formula is C19H26N6O2. The first-order valence-corrected chi connectivity index (χ1v) is 9.20. The van der Waals surface area contributed by atoms with Crippen molar-refractivity contribution in [3.05, 3.63) is 47.0 Å². The van der Waals surface area contributed by atoms with Gasteiger partial charge in [-0.25, -0.2) is 4.79 Å². The van der Waals surface area contributed by atoms with E-state index in [1.165, 1.54) is 0 Å². The van der Waals surface area contributed by atoms with Crippen LogP contribution in [0.1, 0.15) is 36.5 Å². The molecule has 2 aromatic rings. The number of amides is 3. The minimum Gasteiger partial charge on any atom is -0.335 e. The predicted octanol–water partition coefficient (Wildman–Crippen LogP) is 1.58. The first-order valence-electron chi connectivity index (χ1n) is 9.20. The van der Waals surface area contributed by atoms with Crippen LogP contribution < -0.4 is 10.6 Å². The Labute approximate surface area is 159 Å². The Kier molecular flexibility index (Phi) is 5.73. The van der Waals surface area contributed by atoms with E-state index in [0.29, 0.717) is 32.7 Å². The minimum atomic E-state index is -0.261. The molecule has 0 aromatic carbocycles. The molecule has 3 rings (SSSR count). The van der Waals surface area contributed by atoms with Crippen LogP contribution in [0.25, 0.3) is 0 Å². The van der Waals surface area contributed by atoms with Gasteiger partial charge in [0.25, 0.3) is 0 Å². The number of urea groups is 1. The molecule has 0 radical (unpaired) electrons. The zero-order valence-electron chi connectivity index (χ0n) is 16.0. The molecule has 0 spiro atoms. The maximum atomic E-state index is 12.2. The second-order valence-electron chi connectivity index (χ2n) is 7.07. The summed E-state index contributed by atoms with van der Waals surface area (Å²) in [5.74, 6) is 0.151. The molecule has 3 heterocycles. The van der Waals surface area contributed by atoms with Crippen LogP contribution in [0, 0.1) is 12.8 Å². The van der Waals surface area contributed by atoms with E-state index in [2.05, 4.69) is 20.7 Å². The van der Waals surface area contributed by atoms with Crippen molar-refractivity contribution in [2.45, 2.75) is 47.0 Å². The van der Waals surface area contributed by atoms with Gasteiger partial charge in [-0.05, 0) is 24.6 Å². The largest absolute Gasteiger partial charge is 0.335 e. The topological polar surface area (TPSA) is 92.2 Å². The number of aromatic nitrogens is 3. The van der Waals surface area contributed by atoms with E-state index in [1.807, 2.05) is 48.6 Å². The Bertz CT molecular complexity index is 829. The number of fused-ring (bicyclic) bond motifs is 1. The van der Waals surface area contributed by atoms with E-state index in [9.17, 15) is 9.59 Å². The summed E-state index contributed by atoms with van der Waals surface area (Å²) in [5.41, 5.74) is 3.67. The highest BCUT2D eigenvalue weighted by Gasteiger charge is 2.23. The average molecular weight is 370 g/mol. The first-order chi connectivity index (χ1) is 12.9. The van der Waals surface area contributed by atoms with E-state index in [0.717, 1.165) is 22.6 Å². The molecule has 1 aliphatic heterocycles. The Balaban J connectivity index is 1.50. The van der Waals surface area contributed by atoms with Gasteiger partial charge in [0.2, 0.25) is 5.91 Å². The molecule has 2 aromatic heterocycles. The van der Waals surface area contributed by atoms with Gasteiger partial charge in [0.1, 0.15) is 0 Å². The number of carbonyl (C=O) groups excluding carboxylic acids is 2. The summed E-state index contributed by atoms with van der Waals surface area (Å²) in [6, 6.07) is 5.52. The van der Waals surface area contributed by atoms with E-state index in [4.69, 9.17) is 0 Å². The van der Waals surface area contributed by atoms with E-state index in [-0.39, 0.29) is 17.9 Å². The van der Waals surface area contributed by atoms with Gasteiger partial charge in [0, 0.05) is 18.7 Å². The van der Waals surface area contributed by atoms with Crippen LogP contribution in [0.15, 0.2) is 24.4 Å². The fourth-order valence-corrected chi connectivity index (χ4v) is 3.07. The Morgan fingerprint density at radius 3 is 2.74 bits per heavy atom. The van der Waals surface area contributed by atoms with Crippen molar-refractivity contribution < 1.29 is 9.59 Å². The number of pyridine rings is 1. The number of nitrogens with one attached hydrogen (secondary N) is 2. The maximum absolute atomic E-state index is 12.2. The van der Waals surface area contributed by atoms with Crippen molar-refractivity contribution in [2.75, 3.05) is 6.54 Å². The van der Waals surface area contributed by atoms with Crippen molar-refractivity contribution in [2.24, 2.45) is 5.92 Å². The van der Waals surface area contributed by atoms with Crippen LogP contribution in [-0.2, 0) is 31.0 Å². The maximum Gasteiger partial charge on any atom is 0.315 e. The predicted molar refractivity (Wildman–Crippen MR) is 101 cm³/mol. The normalized spacial score (nSPS) is 13.4. The molecular weight excluding hydrogens is 344 g/mol. The summed E-state index contributed by atoms with van der Waals surface area (Å²) in [7, 11) is 0. The van der Waals surface area contributed by atoms with Gasteiger partial charge in [-0.15, -0.1) is 0 Å². The fraction of sp³-hybridized carbons (Fsp3) is 0.474. The minimum absolute atomic E-state index is 0.00737. The molecule has 1 aliphatic rings. The van der Waals surface area contributed by atoms with Gasteiger partial charge in [-0.1, -0.05) is 19.9 Å². The van der Waals surface area contributed by atoms with E-state index < -0.39 is 0 Å². The SMILES string of the molecule is Cc1cccnc1CNC(=O)NCc1cc2n(n1)CCN(C(=O)C(C)C)C2. The Morgan fingerprint density at radius 1 is 1.22 bits per heavy atom. The summed E-state index contributed by atoms with van der Waals surface area (Å²) >= 11 is 0. The van der Waals surface area contributed by atoms with Gasteiger partial charge < -0.3 is 15.5 Å². The highest BCUT2D eigenvalue weighted by Crippen LogP contribution is 2.16. The molecule has 3 amide bonds. The Hall–Kier alpha value is -2.90. The smallest absolute Gasteiger partial charge is 0.315 e. The van der Waals surface area contributed by atoms with Gasteiger partial charge in [0.05, 0.1) is 43.3 Å². The van der Waals surface area contributed by atoms with Crippen LogP contribution >= 0.6 is 0 Å². The molecule has 2 N–H and O–H groups in total. The third-order valence-electron chi connectivity index (χ3n) is 4.62. The van der Waals surface area contributed by atoms with Crippen LogP contribution in [0.4, 0.5) is 4.79 Å². The number of aryl methyl sites for hydroxylation is 1. The van der Waals surface area contributed by atoms with Crippen LogP contribution in [0.3, 0.4) is 0 Å². The first kappa shape index (κ1) is 18.9. The second-order valence-corrected chi connectivity index (χ2v) is 7.07. The van der Waals surface area contributed by atoms with Crippen LogP contribution in [0.2, 0.25) is 0 Å². The molecule has 8 heteroatoms. The zero-order chi connectivity index (χ0) is 19.4. The van der Waals surface area contributed by atoms with Crippen molar-refractivity contribution in [1.82, 2.24) is 30.3 Å². The summed E-state index contributed by atoms with van der Waals surface area (Å²) in [6.07, 6.45) is 1.71. The molecule has 0 saturated carbocycles. The number of nitrogens with zero attached hydrogens (tertiary/aromatic N) is 4. The summed E-state index contributed by atoms with van der Waals surface area (Å²) in [4.78, 5) is 30.3. The Morgan fingerprint density at radius 2 is 2.00 bits per heavy atom. The lowest BCUT2D eigenvalue weighted by molar-refractivity contribution is -0.136. The third-order valence-corrected chi connectivity index (χ3v) is 4.62. The van der Waals surface area contributed by atoms with Gasteiger partial charge in [-0.3, -0.25) is 14.5 Å². The number of carbonyl (C=O) groups is 2. The molecule has 0 unspecified atom stereocenters. The quantitative estimate of drug-likeness (QED) is 0.836. The van der Waals surface area contributed by atoms with Crippen molar-refractivity contribution in [3.8, 4) is 0 Å². The van der Waals surface area contributed by atoms with Gasteiger partial charge in [0.15, 0.2) is 0 Å². The fourth-order valence-electron chi connectivity index (χ4n) is 3.07. The summed E-state index contributed by atoms with van der Waals surface area (Å²) < 4.78 is 1.91. The van der Waals surface area contributed by atoms with Gasteiger partial charge >= 0.3 is 6.03 Å². The molecule has 0 fully saturated rings. The standard InChI is InChI=1S/C19H26N6O2/c1-13(2)18(26)24-7-8-25-16(12-24)9-15(23-25)10-21-19(27)22-11-17-14(3)5-4-6-20-17/h4-6,9,13H,7-8,10-12H2,1-3H3,(H2,21,22,27). The molecule has 8 nitrogen and oxygen atoms in total. The zero-order valence-corrected chi connectivity index (χ0v) is 16.0. The van der Waals surface area contributed by atoms with Gasteiger partial charge in [-0.2, -0.15) is 5.10 Å². The average Bonchev–Trinajstić information content (AvgIpc) is 3.07. The highest BCUT2D eigenvalue weighted by molar-refractivity contribution is 5.78. The van der Waals surface area contributed by atoms with Crippen molar-refractivity contribution in [1.29, 1.82) is 0 Å². The molecule has 0 saturated heterocycles. The monoisotopic (exact) mass is 370 g/mol. The third kappa shape index (κ3) is 4.64. The van der Waals surface area contributed by atoms with Crippen LogP contribution in [0.5, 0.6) is 0 Å². The molecule has 144 valence electrons. The molecule has 27 heavy (non-hydrogen) atoms. The molecule has 0 aliphatic carbocycles. The second kappa shape index (κ2) is 8.20. The van der Waals surface area contributed by atoms with E-state index in [1.54, 1.807) is 6.20 Å². The number of hydrogen-bond acceptors (Lipinski definition) is 4. The lowest BCUT2D eigenvalue weighted by atomic mass is 10.1. The summed E-state index contributed by atoms with van der Waals surface area (Å²) in [5, 5.41) is 10.1. The van der Waals surface area contributed by atoms with Crippen LogP contribution in [-0.4, -0.2) is 38.1 Å². The highest BCUT2D eigenvalue weighted by atomic mass is 16.2. The van der Waals surface area contributed by atoms with Crippen molar-refractivity contribution in [3.63, 3.8) is 0 Å². The van der Waals surface area contributed by atoms with Crippen molar-refractivity contribution >= 4 is 11.9 Å². The molecule has 0 atom stereocenters. The van der Waals surface area contributed by atoms with E-state index >= 15 is 0 Å². The molecule has 0 bridgehead atoms. The number of rotatable bonds is 5. The number of hydrogen-bond donors (Lipinski definition) is 2. The lowest BCUT2D eigenvalue weighted by Crippen LogP contribution is -2.40. The lowest BCUT2D eigenvalue weighted by Gasteiger charge is -2.29. The summed E-state index contributed by atoms with van der Waals surface area (Å²) in [6.45, 7) is 8.42.